The Balaban J connectivity index is 2.53. The van der Waals surface area contributed by atoms with Crippen molar-refractivity contribution >= 4 is 21.6 Å². The predicted molar refractivity (Wildman–Crippen MR) is 36.4 cm³/mol. The third-order valence-corrected chi connectivity index (χ3v) is 2.24. The molecule has 1 aliphatic rings. The summed E-state index contributed by atoms with van der Waals surface area (Å²) in [6.45, 7) is 2.70. The summed E-state index contributed by atoms with van der Waals surface area (Å²) in [5.41, 5.74) is 1.04. The first-order valence-electron chi connectivity index (χ1n) is 2.61. The van der Waals surface area contributed by atoms with Crippen molar-refractivity contribution in [2.75, 3.05) is 6.61 Å². The van der Waals surface area contributed by atoms with E-state index in [4.69, 9.17) is 4.84 Å². The molecule has 0 aromatic heterocycles. The van der Waals surface area contributed by atoms with Gasteiger partial charge in [0.1, 0.15) is 6.61 Å². The quantitative estimate of drug-likeness (QED) is 0.515. The molecule has 0 bridgehead atoms. The Morgan fingerprint density at radius 1 is 1.88 bits per heavy atom. The molecule has 0 saturated heterocycles. The van der Waals surface area contributed by atoms with Crippen LogP contribution in [0.3, 0.4) is 0 Å². The average molecular weight is 178 g/mol. The van der Waals surface area contributed by atoms with Crippen LogP contribution in [0, 0.1) is 0 Å². The lowest BCUT2D eigenvalue weighted by molar-refractivity contribution is 0.133. The van der Waals surface area contributed by atoms with Crippen LogP contribution in [0.1, 0.15) is 13.3 Å². The maximum Gasteiger partial charge on any atom is 0.118 e. The number of nitrogens with zero attached hydrogens (tertiary/aromatic N) is 1. The van der Waals surface area contributed by atoms with Crippen LogP contribution >= 0.6 is 15.9 Å². The van der Waals surface area contributed by atoms with Gasteiger partial charge in [0.2, 0.25) is 0 Å². The maximum atomic E-state index is 4.81. The molecule has 0 aromatic rings. The highest BCUT2D eigenvalue weighted by Crippen LogP contribution is 2.11. The van der Waals surface area contributed by atoms with Gasteiger partial charge in [0, 0.05) is 6.42 Å². The molecule has 1 aliphatic heterocycles. The molecule has 0 N–H and O–H groups in total. The molecule has 0 radical (unpaired) electrons. The van der Waals surface area contributed by atoms with Gasteiger partial charge < -0.3 is 4.84 Å². The number of oxime groups is 1. The minimum Gasteiger partial charge on any atom is -0.396 e. The normalized spacial score (nSPS) is 28.8. The van der Waals surface area contributed by atoms with Crippen molar-refractivity contribution in [1.82, 2.24) is 0 Å². The Hall–Kier alpha value is -0.0500. The summed E-state index contributed by atoms with van der Waals surface area (Å²) in [4.78, 5) is 5.25. The second kappa shape index (κ2) is 2.49. The molecule has 0 aliphatic carbocycles. The van der Waals surface area contributed by atoms with Crippen LogP contribution in [-0.4, -0.2) is 17.1 Å². The van der Waals surface area contributed by atoms with Gasteiger partial charge in [-0.1, -0.05) is 21.1 Å². The van der Waals surface area contributed by atoms with Crippen LogP contribution in [0.5, 0.6) is 0 Å². The fraction of sp³-hybridized carbons (Fsp3) is 0.800. The molecule has 46 valence electrons. The Bertz CT molecular complexity index is 113. The summed E-state index contributed by atoms with van der Waals surface area (Å²) in [7, 11) is 0. The van der Waals surface area contributed by atoms with Crippen LogP contribution in [0.25, 0.3) is 0 Å². The topological polar surface area (TPSA) is 21.6 Å². The Labute approximate surface area is 57.0 Å². The Kier molecular flexibility index (Phi) is 1.89. The van der Waals surface area contributed by atoms with Gasteiger partial charge in [-0.05, 0) is 6.92 Å². The number of halogens is 1. The number of hydrogen-bond donors (Lipinski definition) is 0. The molecule has 1 rings (SSSR count). The van der Waals surface area contributed by atoms with Crippen LogP contribution in [0.15, 0.2) is 5.16 Å². The van der Waals surface area contributed by atoms with Gasteiger partial charge in [-0.2, -0.15) is 0 Å². The van der Waals surface area contributed by atoms with Crippen LogP contribution in [-0.2, 0) is 4.84 Å². The Morgan fingerprint density at radius 2 is 2.62 bits per heavy atom. The first kappa shape index (κ1) is 6.08. The third kappa shape index (κ3) is 1.22. The fourth-order valence-electron chi connectivity index (χ4n) is 0.570. The van der Waals surface area contributed by atoms with Crippen molar-refractivity contribution in [3.05, 3.63) is 0 Å². The van der Waals surface area contributed by atoms with Gasteiger partial charge >= 0.3 is 0 Å². The van der Waals surface area contributed by atoms with E-state index in [9.17, 15) is 0 Å². The minimum absolute atomic E-state index is 0.441. The van der Waals surface area contributed by atoms with Crippen molar-refractivity contribution in [2.45, 2.75) is 18.2 Å². The molecule has 0 spiro atoms. The summed E-state index contributed by atoms with van der Waals surface area (Å²) in [6, 6.07) is 0. The minimum atomic E-state index is 0.441. The van der Waals surface area contributed by atoms with Crippen LogP contribution < -0.4 is 0 Å². The summed E-state index contributed by atoms with van der Waals surface area (Å²) < 4.78 is 0. The second-order valence-corrected chi connectivity index (χ2v) is 2.93. The number of rotatable bonds is 0. The van der Waals surface area contributed by atoms with Gasteiger partial charge in [-0.3, -0.25) is 0 Å². The lowest BCUT2D eigenvalue weighted by Gasteiger charge is -2.13. The SMILES string of the molecule is CC1=NOCCC1Br. The molecule has 0 aromatic carbocycles. The van der Waals surface area contributed by atoms with Gasteiger partial charge in [0.05, 0.1) is 10.5 Å². The molecule has 8 heavy (non-hydrogen) atoms. The van der Waals surface area contributed by atoms with E-state index < -0.39 is 0 Å². The van der Waals surface area contributed by atoms with Crippen LogP contribution in [0.4, 0.5) is 0 Å². The average Bonchev–Trinajstić information content (AvgIpc) is 1.77. The van der Waals surface area contributed by atoms with Crippen molar-refractivity contribution in [3.8, 4) is 0 Å². The van der Waals surface area contributed by atoms with Crippen molar-refractivity contribution < 1.29 is 4.84 Å². The predicted octanol–water partition coefficient (Wildman–Crippen LogP) is 1.55. The monoisotopic (exact) mass is 177 g/mol. The first-order valence-corrected chi connectivity index (χ1v) is 3.53. The summed E-state index contributed by atoms with van der Waals surface area (Å²) >= 11 is 3.44. The molecule has 0 saturated carbocycles. The van der Waals surface area contributed by atoms with Crippen molar-refractivity contribution in [1.29, 1.82) is 0 Å². The fourth-order valence-corrected chi connectivity index (χ4v) is 0.840. The highest BCUT2D eigenvalue weighted by Gasteiger charge is 2.11. The molecule has 1 atom stereocenters. The lowest BCUT2D eigenvalue weighted by atomic mass is 10.2. The van der Waals surface area contributed by atoms with E-state index in [1.807, 2.05) is 6.92 Å². The van der Waals surface area contributed by atoms with E-state index in [2.05, 4.69) is 21.1 Å². The van der Waals surface area contributed by atoms with Gasteiger partial charge in [0.15, 0.2) is 0 Å². The van der Waals surface area contributed by atoms with E-state index >= 15 is 0 Å². The zero-order valence-corrected chi connectivity index (χ0v) is 6.31. The maximum absolute atomic E-state index is 4.81. The van der Waals surface area contributed by atoms with Crippen LogP contribution in [0.2, 0.25) is 0 Å². The molecular weight excluding hydrogens is 170 g/mol. The standard InChI is InChI=1S/C5H8BrNO/c1-4-5(6)2-3-8-7-4/h5H,2-3H2,1H3. The van der Waals surface area contributed by atoms with Gasteiger partial charge in [-0.25, -0.2) is 0 Å². The molecular formula is C5H8BrNO. The summed E-state index contributed by atoms with van der Waals surface area (Å²) in [5, 5.41) is 3.78. The van der Waals surface area contributed by atoms with E-state index in [1.54, 1.807) is 0 Å². The largest absolute Gasteiger partial charge is 0.396 e. The highest BCUT2D eigenvalue weighted by molar-refractivity contribution is 9.10. The third-order valence-electron chi connectivity index (χ3n) is 1.12. The van der Waals surface area contributed by atoms with E-state index in [0.29, 0.717) is 4.83 Å². The zero-order valence-electron chi connectivity index (χ0n) is 4.72. The molecule has 3 heteroatoms. The second-order valence-electron chi connectivity index (χ2n) is 1.82. The number of alkyl halides is 1. The lowest BCUT2D eigenvalue weighted by Crippen LogP contribution is -2.17. The van der Waals surface area contributed by atoms with Crippen molar-refractivity contribution in [2.24, 2.45) is 5.16 Å². The van der Waals surface area contributed by atoms with Crippen molar-refractivity contribution in [3.63, 3.8) is 0 Å². The van der Waals surface area contributed by atoms with E-state index in [-0.39, 0.29) is 0 Å². The zero-order chi connectivity index (χ0) is 5.98. The molecule has 0 fully saturated rings. The Morgan fingerprint density at radius 3 is 3.00 bits per heavy atom. The summed E-state index contributed by atoms with van der Waals surface area (Å²) in [6.07, 6.45) is 1.04. The van der Waals surface area contributed by atoms with Gasteiger partial charge in [-0.15, -0.1) is 0 Å². The highest BCUT2D eigenvalue weighted by atomic mass is 79.9. The molecule has 1 heterocycles. The van der Waals surface area contributed by atoms with E-state index in [1.165, 1.54) is 0 Å². The molecule has 2 nitrogen and oxygen atoms in total. The number of hydrogen-bond acceptors (Lipinski definition) is 2. The first-order chi connectivity index (χ1) is 3.80. The summed E-state index contributed by atoms with van der Waals surface area (Å²) in [5.74, 6) is 0. The van der Waals surface area contributed by atoms with E-state index in [0.717, 1.165) is 18.7 Å². The molecule has 0 amide bonds. The smallest absolute Gasteiger partial charge is 0.118 e. The van der Waals surface area contributed by atoms with Gasteiger partial charge in [0.25, 0.3) is 0 Å². The molecule has 1 unspecified atom stereocenters.